The van der Waals surface area contributed by atoms with E-state index in [-0.39, 0.29) is 11.5 Å². The zero-order chi connectivity index (χ0) is 12.9. The van der Waals surface area contributed by atoms with Gasteiger partial charge < -0.3 is 14.9 Å². The van der Waals surface area contributed by atoms with Crippen LogP contribution in [0.25, 0.3) is 11.1 Å². The molecule has 0 unspecified atom stereocenters. The summed E-state index contributed by atoms with van der Waals surface area (Å²) in [6.07, 6.45) is 0. The van der Waals surface area contributed by atoms with Gasteiger partial charge in [-0.1, -0.05) is 6.07 Å². The quantitative estimate of drug-likeness (QED) is 0.686. The third kappa shape index (κ3) is 1.78. The largest absolute Gasteiger partial charge is 0.508 e. The van der Waals surface area contributed by atoms with E-state index >= 15 is 0 Å². The summed E-state index contributed by atoms with van der Waals surface area (Å²) in [6, 6.07) is 10.0. The summed E-state index contributed by atoms with van der Waals surface area (Å²) in [4.78, 5) is 0. The van der Waals surface area contributed by atoms with Crippen LogP contribution in [0.4, 0.5) is 0 Å². The maximum atomic E-state index is 9.58. The Kier molecular flexibility index (Phi) is 2.57. The van der Waals surface area contributed by atoms with Gasteiger partial charge in [0, 0.05) is 17.2 Å². The van der Waals surface area contributed by atoms with Gasteiger partial charge >= 0.3 is 0 Å². The molecule has 0 aliphatic carbocycles. The maximum Gasteiger partial charge on any atom is 0.244 e. The molecule has 2 N–H and O–H groups in total. The van der Waals surface area contributed by atoms with Crippen molar-refractivity contribution >= 4 is 31.9 Å². The number of ether oxygens (including phenoxy) is 1. The van der Waals surface area contributed by atoms with Gasteiger partial charge in [-0.25, -0.2) is 0 Å². The van der Waals surface area contributed by atoms with Gasteiger partial charge in [-0.05, 0) is 61.7 Å². The molecular formula is C13H8Br2O3. The minimum Gasteiger partial charge on any atom is -0.508 e. The molecule has 0 saturated heterocycles. The van der Waals surface area contributed by atoms with E-state index in [1.807, 2.05) is 6.07 Å². The molecule has 3 rings (SSSR count). The lowest BCUT2D eigenvalue weighted by molar-refractivity contribution is 0.269. The smallest absolute Gasteiger partial charge is 0.244 e. The van der Waals surface area contributed by atoms with Gasteiger partial charge in [0.15, 0.2) is 0 Å². The van der Waals surface area contributed by atoms with Crippen LogP contribution < -0.4 is 4.74 Å². The molecule has 2 aromatic rings. The van der Waals surface area contributed by atoms with E-state index in [1.54, 1.807) is 30.3 Å². The molecule has 0 atom stereocenters. The standard InChI is InChI=1S/C13H8Br2O3/c14-13(15)11-5-7(16)1-3-9(11)10-4-2-8(17)6-12(10)18-13/h1-6,16-17H. The minimum atomic E-state index is -0.908. The van der Waals surface area contributed by atoms with Crippen molar-refractivity contribution in [1.82, 2.24) is 0 Å². The molecule has 3 nitrogen and oxygen atoms in total. The van der Waals surface area contributed by atoms with E-state index in [1.165, 1.54) is 0 Å². The molecule has 0 bridgehead atoms. The Hall–Kier alpha value is -1.20. The van der Waals surface area contributed by atoms with Crippen molar-refractivity contribution in [2.24, 2.45) is 0 Å². The number of rotatable bonds is 0. The lowest BCUT2D eigenvalue weighted by atomic mass is 9.96. The number of alkyl halides is 2. The van der Waals surface area contributed by atoms with E-state index in [9.17, 15) is 10.2 Å². The van der Waals surface area contributed by atoms with Crippen LogP contribution in [0.1, 0.15) is 5.56 Å². The number of fused-ring (bicyclic) bond motifs is 3. The summed E-state index contributed by atoms with van der Waals surface area (Å²) < 4.78 is 4.84. The van der Waals surface area contributed by atoms with Gasteiger partial charge in [0.05, 0.1) is 0 Å². The molecule has 0 saturated carbocycles. The highest BCUT2D eigenvalue weighted by molar-refractivity contribution is 9.24. The molecule has 0 radical (unpaired) electrons. The summed E-state index contributed by atoms with van der Waals surface area (Å²) in [5.74, 6) is 0.886. The molecule has 18 heavy (non-hydrogen) atoms. The summed E-state index contributed by atoms with van der Waals surface area (Å²) >= 11 is 6.84. The van der Waals surface area contributed by atoms with Crippen LogP contribution >= 0.6 is 31.9 Å². The van der Waals surface area contributed by atoms with Crippen molar-refractivity contribution in [2.75, 3.05) is 0 Å². The molecule has 0 aromatic heterocycles. The first-order valence-electron chi connectivity index (χ1n) is 5.21. The van der Waals surface area contributed by atoms with Crippen molar-refractivity contribution in [1.29, 1.82) is 0 Å². The van der Waals surface area contributed by atoms with Crippen LogP contribution in [0.15, 0.2) is 36.4 Å². The molecule has 1 heterocycles. The second-order valence-electron chi connectivity index (χ2n) is 4.03. The Balaban J connectivity index is 2.31. The Morgan fingerprint density at radius 1 is 0.889 bits per heavy atom. The van der Waals surface area contributed by atoms with Gasteiger partial charge in [0.2, 0.25) is 3.42 Å². The molecule has 0 spiro atoms. The Morgan fingerprint density at radius 3 is 2.22 bits per heavy atom. The summed E-state index contributed by atoms with van der Waals surface area (Å²) in [5.41, 5.74) is 2.58. The first kappa shape index (κ1) is 11.9. The first-order chi connectivity index (χ1) is 8.47. The van der Waals surface area contributed by atoms with Gasteiger partial charge in [0.1, 0.15) is 17.2 Å². The first-order valence-corrected chi connectivity index (χ1v) is 6.80. The Labute approximate surface area is 120 Å². The fourth-order valence-corrected chi connectivity index (χ4v) is 3.02. The van der Waals surface area contributed by atoms with Crippen LogP contribution in [-0.2, 0) is 3.42 Å². The van der Waals surface area contributed by atoms with Crippen molar-refractivity contribution in [3.05, 3.63) is 42.0 Å². The highest BCUT2D eigenvalue weighted by Gasteiger charge is 2.36. The molecule has 2 aromatic carbocycles. The normalized spacial score (nSPS) is 15.4. The summed E-state index contributed by atoms with van der Waals surface area (Å²) in [7, 11) is 0. The summed E-state index contributed by atoms with van der Waals surface area (Å²) in [6.45, 7) is 0. The molecule has 0 amide bonds. The topological polar surface area (TPSA) is 49.7 Å². The average Bonchev–Trinajstić information content (AvgIpc) is 2.28. The molecular weight excluding hydrogens is 364 g/mol. The molecule has 1 aliphatic heterocycles. The van der Waals surface area contributed by atoms with Crippen molar-refractivity contribution in [3.8, 4) is 28.4 Å². The monoisotopic (exact) mass is 370 g/mol. The molecule has 5 heteroatoms. The third-order valence-corrected chi connectivity index (χ3v) is 3.99. The number of hydrogen-bond acceptors (Lipinski definition) is 3. The van der Waals surface area contributed by atoms with Gasteiger partial charge in [-0.2, -0.15) is 0 Å². The maximum absolute atomic E-state index is 9.58. The van der Waals surface area contributed by atoms with E-state index in [0.717, 1.165) is 16.7 Å². The predicted octanol–water partition coefficient (Wildman–Crippen LogP) is 4.06. The van der Waals surface area contributed by atoms with E-state index in [4.69, 9.17) is 4.74 Å². The summed E-state index contributed by atoms with van der Waals surface area (Å²) in [5, 5.41) is 19.1. The Morgan fingerprint density at radius 2 is 1.50 bits per heavy atom. The van der Waals surface area contributed by atoms with Crippen LogP contribution in [0.5, 0.6) is 17.2 Å². The zero-order valence-corrected chi connectivity index (χ0v) is 12.2. The average molecular weight is 372 g/mol. The SMILES string of the molecule is Oc1ccc2c(c1)OC(Br)(Br)c1cc(O)ccc1-2. The number of phenolic OH excluding ortho intramolecular Hbond substituents is 2. The van der Waals surface area contributed by atoms with Crippen molar-refractivity contribution in [3.63, 3.8) is 0 Å². The molecule has 0 fully saturated rings. The lowest BCUT2D eigenvalue weighted by Gasteiger charge is -2.31. The zero-order valence-electron chi connectivity index (χ0n) is 9.02. The molecule has 1 aliphatic rings. The number of aromatic hydroxyl groups is 2. The third-order valence-electron chi connectivity index (χ3n) is 2.81. The van der Waals surface area contributed by atoms with Crippen molar-refractivity contribution in [2.45, 2.75) is 3.42 Å². The van der Waals surface area contributed by atoms with Gasteiger partial charge in [0.25, 0.3) is 0 Å². The van der Waals surface area contributed by atoms with Crippen LogP contribution in [0.2, 0.25) is 0 Å². The fraction of sp³-hybridized carbons (Fsp3) is 0.0769. The van der Waals surface area contributed by atoms with Crippen LogP contribution in [0.3, 0.4) is 0 Å². The van der Waals surface area contributed by atoms with E-state index in [2.05, 4.69) is 31.9 Å². The Bertz CT molecular complexity index is 638. The van der Waals surface area contributed by atoms with Gasteiger partial charge in [-0.3, -0.25) is 0 Å². The number of benzene rings is 2. The fourth-order valence-electron chi connectivity index (χ4n) is 2.02. The highest BCUT2D eigenvalue weighted by Crippen LogP contribution is 2.52. The van der Waals surface area contributed by atoms with E-state index < -0.39 is 3.42 Å². The van der Waals surface area contributed by atoms with E-state index in [0.29, 0.717) is 5.75 Å². The number of phenols is 2. The highest BCUT2D eigenvalue weighted by atomic mass is 79.9. The number of halogens is 2. The molecule has 92 valence electrons. The number of hydrogen-bond donors (Lipinski definition) is 2. The van der Waals surface area contributed by atoms with Crippen LogP contribution in [-0.4, -0.2) is 10.2 Å². The van der Waals surface area contributed by atoms with Crippen molar-refractivity contribution < 1.29 is 14.9 Å². The lowest BCUT2D eigenvalue weighted by Crippen LogP contribution is -2.22. The second kappa shape index (κ2) is 3.90. The predicted molar refractivity (Wildman–Crippen MR) is 75.4 cm³/mol. The van der Waals surface area contributed by atoms with Crippen LogP contribution in [0, 0.1) is 0 Å². The minimum absolute atomic E-state index is 0.145. The second-order valence-corrected chi connectivity index (χ2v) is 7.33. The van der Waals surface area contributed by atoms with Gasteiger partial charge in [-0.15, -0.1) is 0 Å².